The third kappa shape index (κ3) is 4.27. The zero-order valence-corrected chi connectivity index (χ0v) is 12.8. The molecule has 1 fully saturated rings. The van der Waals surface area contributed by atoms with Crippen molar-refractivity contribution in [1.82, 2.24) is 0 Å². The van der Waals surface area contributed by atoms with Crippen molar-refractivity contribution in [2.24, 2.45) is 17.6 Å². The van der Waals surface area contributed by atoms with Gasteiger partial charge in [-0.05, 0) is 43.9 Å². The van der Waals surface area contributed by atoms with Gasteiger partial charge in [-0.25, -0.2) is 0 Å². The molecule has 3 unspecified atom stereocenters. The topological polar surface area (TPSA) is 69.2 Å². The number of aryl methyl sites for hydroxylation is 1. The zero-order chi connectivity index (χ0) is 15.2. The summed E-state index contributed by atoms with van der Waals surface area (Å²) in [6.45, 7) is 2.23. The number of nitro groups is 1. The van der Waals surface area contributed by atoms with Gasteiger partial charge in [0.1, 0.15) is 0 Å². The van der Waals surface area contributed by atoms with E-state index in [0.717, 1.165) is 30.7 Å². The van der Waals surface area contributed by atoms with Crippen LogP contribution < -0.4 is 5.73 Å². The van der Waals surface area contributed by atoms with Crippen LogP contribution in [0.25, 0.3) is 0 Å². The molecule has 1 aliphatic carbocycles. The first-order chi connectivity index (χ1) is 10.1. The minimum atomic E-state index is -0.282. The number of nitrogens with zero attached hydrogens (tertiary/aromatic N) is 1. The first kappa shape index (κ1) is 16.0. The largest absolute Gasteiger partial charge is 0.327 e. The van der Waals surface area contributed by atoms with E-state index in [2.05, 4.69) is 6.92 Å². The Morgan fingerprint density at radius 2 is 2.05 bits per heavy atom. The Bertz CT molecular complexity index is 476. The summed E-state index contributed by atoms with van der Waals surface area (Å²) in [5.41, 5.74) is 7.35. The van der Waals surface area contributed by atoms with Gasteiger partial charge in [0.2, 0.25) is 0 Å². The minimum absolute atomic E-state index is 0.243. The van der Waals surface area contributed by atoms with Gasteiger partial charge in [-0.2, -0.15) is 0 Å². The molecule has 0 amide bonds. The van der Waals surface area contributed by atoms with Crippen LogP contribution in [0.3, 0.4) is 0 Å². The van der Waals surface area contributed by atoms with E-state index in [1.807, 2.05) is 12.1 Å². The number of nitro benzene ring substituents is 1. The van der Waals surface area contributed by atoms with Crippen LogP contribution in [0.15, 0.2) is 24.3 Å². The van der Waals surface area contributed by atoms with Crippen LogP contribution >= 0.6 is 0 Å². The fourth-order valence-electron chi connectivity index (χ4n) is 3.63. The number of rotatable bonds is 6. The summed E-state index contributed by atoms with van der Waals surface area (Å²) >= 11 is 0. The van der Waals surface area contributed by atoms with E-state index in [4.69, 9.17) is 5.73 Å². The maximum Gasteiger partial charge on any atom is 0.272 e. The second-order valence-electron chi connectivity index (χ2n) is 6.32. The first-order valence-corrected chi connectivity index (χ1v) is 8.09. The monoisotopic (exact) mass is 290 g/mol. The van der Waals surface area contributed by atoms with E-state index in [1.165, 1.54) is 25.7 Å². The molecule has 1 aromatic carbocycles. The molecule has 0 spiro atoms. The third-order valence-corrected chi connectivity index (χ3v) is 4.82. The molecular weight excluding hydrogens is 264 g/mol. The molecule has 0 saturated heterocycles. The first-order valence-electron chi connectivity index (χ1n) is 8.09. The molecule has 116 valence electrons. The Morgan fingerprint density at radius 3 is 2.76 bits per heavy atom. The molecule has 1 saturated carbocycles. The molecule has 4 nitrogen and oxygen atoms in total. The fraction of sp³-hybridized carbons (Fsp3) is 0.647. The zero-order valence-electron chi connectivity index (χ0n) is 12.8. The number of hydrogen-bond donors (Lipinski definition) is 1. The van der Waals surface area contributed by atoms with Crippen molar-refractivity contribution in [3.63, 3.8) is 0 Å². The van der Waals surface area contributed by atoms with Crippen molar-refractivity contribution < 1.29 is 4.92 Å². The predicted octanol–water partition coefficient (Wildman–Crippen LogP) is 4.07. The van der Waals surface area contributed by atoms with Crippen LogP contribution in [0.5, 0.6) is 0 Å². The molecule has 0 aliphatic heterocycles. The number of nitrogens with two attached hydrogens (primary N) is 1. The lowest BCUT2D eigenvalue weighted by Gasteiger charge is -2.34. The summed E-state index contributed by atoms with van der Waals surface area (Å²) in [5.74, 6) is 1.31. The van der Waals surface area contributed by atoms with E-state index in [9.17, 15) is 10.1 Å². The lowest BCUT2D eigenvalue weighted by Crippen LogP contribution is -2.36. The van der Waals surface area contributed by atoms with Gasteiger partial charge in [0.25, 0.3) is 5.69 Å². The minimum Gasteiger partial charge on any atom is -0.327 e. The summed E-state index contributed by atoms with van der Waals surface area (Å²) in [4.78, 5) is 10.8. The Labute approximate surface area is 126 Å². The summed E-state index contributed by atoms with van der Waals surface area (Å²) in [7, 11) is 0. The molecule has 0 aromatic heterocycles. The molecule has 4 heteroatoms. The molecule has 1 aliphatic rings. The van der Waals surface area contributed by atoms with Gasteiger partial charge in [-0.3, -0.25) is 10.1 Å². The second kappa shape index (κ2) is 7.55. The fourth-order valence-corrected chi connectivity index (χ4v) is 3.63. The molecule has 1 aromatic rings. The molecule has 21 heavy (non-hydrogen) atoms. The van der Waals surface area contributed by atoms with Crippen LogP contribution in [-0.2, 0) is 6.42 Å². The van der Waals surface area contributed by atoms with Gasteiger partial charge in [0.05, 0.1) is 4.92 Å². The molecular formula is C17H26N2O2. The van der Waals surface area contributed by atoms with E-state index in [0.29, 0.717) is 5.92 Å². The molecule has 2 rings (SSSR count). The van der Waals surface area contributed by atoms with Crippen molar-refractivity contribution in [2.75, 3.05) is 0 Å². The second-order valence-corrected chi connectivity index (χ2v) is 6.32. The van der Waals surface area contributed by atoms with Crippen LogP contribution in [-0.4, -0.2) is 11.0 Å². The standard InChI is InChI=1S/C17H26N2O2/c1-2-5-13-8-11-16(18)15(12-13)10-9-14-6-3-4-7-17(14)19(20)21/h3-4,6-7,13,15-16H,2,5,8-12,18H2,1H3. The number of benzene rings is 1. The quantitative estimate of drug-likeness (QED) is 0.634. The van der Waals surface area contributed by atoms with E-state index in [-0.39, 0.29) is 16.7 Å². The van der Waals surface area contributed by atoms with E-state index in [1.54, 1.807) is 12.1 Å². The third-order valence-electron chi connectivity index (χ3n) is 4.82. The van der Waals surface area contributed by atoms with E-state index >= 15 is 0 Å². The van der Waals surface area contributed by atoms with Gasteiger partial charge in [0, 0.05) is 17.7 Å². The summed E-state index contributed by atoms with van der Waals surface area (Å²) in [5, 5.41) is 11.1. The van der Waals surface area contributed by atoms with Crippen molar-refractivity contribution in [2.45, 2.75) is 57.9 Å². The Balaban J connectivity index is 1.97. The van der Waals surface area contributed by atoms with Gasteiger partial charge in [-0.15, -0.1) is 0 Å². The van der Waals surface area contributed by atoms with Crippen LogP contribution in [0.4, 0.5) is 5.69 Å². The average molecular weight is 290 g/mol. The summed E-state index contributed by atoms with van der Waals surface area (Å²) in [6.07, 6.45) is 7.78. The van der Waals surface area contributed by atoms with Crippen LogP contribution in [0.1, 0.15) is 51.0 Å². The molecule has 3 atom stereocenters. The highest BCUT2D eigenvalue weighted by atomic mass is 16.6. The Kier molecular flexibility index (Phi) is 5.74. The maximum absolute atomic E-state index is 11.1. The molecule has 0 radical (unpaired) electrons. The highest BCUT2D eigenvalue weighted by molar-refractivity contribution is 5.39. The molecule has 0 bridgehead atoms. The Morgan fingerprint density at radius 1 is 1.29 bits per heavy atom. The lowest BCUT2D eigenvalue weighted by molar-refractivity contribution is -0.385. The summed E-state index contributed by atoms with van der Waals surface area (Å²) < 4.78 is 0. The highest BCUT2D eigenvalue weighted by Crippen LogP contribution is 2.34. The average Bonchev–Trinajstić information content (AvgIpc) is 2.48. The molecule has 2 N–H and O–H groups in total. The van der Waals surface area contributed by atoms with Gasteiger partial charge < -0.3 is 5.73 Å². The van der Waals surface area contributed by atoms with Crippen LogP contribution in [0, 0.1) is 22.0 Å². The lowest BCUT2D eigenvalue weighted by atomic mass is 9.74. The van der Waals surface area contributed by atoms with Gasteiger partial charge >= 0.3 is 0 Å². The van der Waals surface area contributed by atoms with Crippen molar-refractivity contribution in [3.8, 4) is 0 Å². The number of para-hydroxylation sites is 1. The van der Waals surface area contributed by atoms with Crippen molar-refractivity contribution in [1.29, 1.82) is 0 Å². The van der Waals surface area contributed by atoms with Crippen LogP contribution in [0.2, 0.25) is 0 Å². The van der Waals surface area contributed by atoms with Gasteiger partial charge in [0.15, 0.2) is 0 Å². The predicted molar refractivity (Wildman–Crippen MR) is 85.1 cm³/mol. The molecule has 0 heterocycles. The van der Waals surface area contributed by atoms with Crippen molar-refractivity contribution in [3.05, 3.63) is 39.9 Å². The highest BCUT2D eigenvalue weighted by Gasteiger charge is 2.28. The maximum atomic E-state index is 11.1. The smallest absolute Gasteiger partial charge is 0.272 e. The Hall–Kier alpha value is -1.42. The summed E-state index contributed by atoms with van der Waals surface area (Å²) in [6, 6.07) is 7.33. The van der Waals surface area contributed by atoms with E-state index < -0.39 is 0 Å². The normalized spacial score (nSPS) is 25.7. The number of hydrogen-bond acceptors (Lipinski definition) is 3. The van der Waals surface area contributed by atoms with Gasteiger partial charge in [-0.1, -0.05) is 38.0 Å². The SMILES string of the molecule is CCCC1CCC(N)C(CCc2ccccc2[N+](=O)[O-])C1. The van der Waals surface area contributed by atoms with Crippen molar-refractivity contribution >= 4 is 5.69 Å².